The van der Waals surface area contributed by atoms with Crippen molar-refractivity contribution in [2.24, 2.45) is 0 Å². The van der Waals surface area contributed by atoms with Crippen LogP contribution >= 0.6 is 0 Å². The molecule has 0 bridgehead atoms. The largest absolute Gasteiger partial charge is 0.336 e. The first-order chi connectivity index (χ1) is 11.8. The van der Waals surface area contributed by atoms with Crippen LogP contribution in [0, 0.1) is 13.8 Å². The fourth-order valence-corrected chi connectivity index (χ4v) is 3.60. The summed E-state index contributed by atoms with van der Waals surface area (Å²) in [7, 11) is 1.82. The predicted octanol–water partition coefficient (Wildman–Crippen LogP) is 2.96. The van der Waals surface area contributed by atoms with E-state index in [4.69, 9.17) is 0 Å². The van der Waals surface area contributed by atoms with E-state index in [1.807, 2.05) is 44.0 Å². The number of anilines is 1. The first-order valence-electron chi connectivity index (χ1n) is 9.15. The molecule has 0 aromatic heterocycles. The van der Waals surface area contributed by atoms with Crippen LogP contribution in [-0.4, -0.2) is 53.8 Å². The first-order valence-corrected chi connectivity index (χ1v) is 9.15. The fourth-order valence-electron chi connectivity index (χ4n) is 3.60. The van der Waals surface area contributed by atoms with Gasteiger partial charge in [-0.25, -0.2) is 0 Å². The summed E-state index contributed by atoms with van der Waals surface area (Å²) in [6, 6.07) is 6.44. The van der Waals surface area contributed by atoms with Crippen LogP contribution in [0.15, 0.2) is 18.2 Å². The number of benzene rings is 1. The number of carbonyl (C=O) groups excluding carboxylic acids is 2. The quantitative estimate of drug-likeness (QED) is 0.893. The van der Waals surface area contributed by atoms with Crippen molar-refractivity contribution in [1.82, 2.24) is 9.80 Å². The van der Waals surface area contributed by atoms with Crippen LogP contribution in [0.25, 0.3) is 0 Å². The lowest BCUT2D eigenvalue weighted by atomic mass is 9.97. The zero-order chi connectivity index (χ0) is 18.6. The van der Waals surface area contributed by atoms with E-state index in [1.165, 1.54) is 6.42 Å². The number of aryl methyl sites for hydroxylation is 1. The minimum Gasteiger partial charge on any atom is -0.336 e. The molecule has 0 radical (unpaired) electrons. The molecule has 25 heavy (non-hydrogen) atoms. The Morgan fingerprint density at radius 2 is 1.80 bits per heavy atom. The van der Waals surface area contributed by atoms with Gasteiger partial charge in [0.2, 0.25) is 11.8 Å². The predicted molar refractivity (Wildman–Crippen MR) is 102 cm³/mol. The monoisotopic (exact) mass is 345 g/mol. The number of carbonyl (C=O) groups is 2. The Kier molecular flexibility index (Phi) is 6.59. The number of hydrogen-bond donors (Lipinski definition) is 1. The van der Waals surface area contributed by atoms with Gasteiger partial charge in [-0.1, -0.05) is 12.1 Å². The summed E-state index contributed by atoms with van der Waals surface area (Å²) in [5.74, 6) is 0.0190. The SMILES string of the molecule is Cc1cccc(NC(=O)CN(C)CC(=O)N2[C@@H](C)CCC[C@@H]2C)c1C. The van der Waals surface area contributed by atoms with Crippen molar-refractivity contribution >= 4 is 17.5 Å². The maximum atomic E-state index is 12.6. The van der Waals surface area contributed by atoms with Crippen molar-refractivity contribution in [3.63, 3.8) is 0 Å². The molecule has 1 saturated heterocycles. The molecule has 1 aromatic carbocycles. The molecule has 138 valence electrons. The van der Waals surface area contributed by atoms with E-state index >= 15 is 0 Å². The van der Waals surface area contributed by atoms with Gasteiger partial charge in [-0.05, 0) is 71.2 Å². The van der Waals surface area contributed by atoms with Crippen molar-refractivity contribution in [3.05, 3.63) is 29.3 Å². The van der Waals surface area contributed by atoms with Gasteiger partial charge in [0.25, 0.3) is 0 Å². The molecule has 1 heterocycles. The molecule has 2 amide bonds. The van der Waals surface area contributed by atoms with Gasteiger partial charge in [0.15, 0.2) is 0 Å². The summed E-state index contributed by atoms with van der Waals surface area (Å²) in [5.41, 5.74) is 3.06. The average molecular weight is 345 g/mol. The Hall–Kier alpha value is -1.88. The van der Waals surface area contributed by atoms with Crippen LogP contribution in [0.1, 0.15) is 44.2 Å². The molecule has 2 atom stereocenters. The highest BCUT2D eigenvalue weighted by Crippen LogP contribution is 2.22. The van der Waals surface area contributed by atoms with Crippen molar-refractivity contribution in [2.75, 3.05) is 25.5 Å². The number of rotatable bonds is 5. The van der Waals surface area contributed by atoms with E-state index < -0.39 is 0 Å². The second-order valence-electron chi connectivity index (χ2n) is 7.40. The molecule has 0 aliphatic carbocycles. The van der Waals surface area contributed by atoms with Gasteiger partial charge in [-0.3, -0.25) is 14.5 Å². The lowest BCUT2D eigenvalue weighted by molar-refractivity contribution is -0.138. The summed E-state index contributed by atoms with van der Waals surface area (Å²) in [6.07, 6.45) is 3.31. The molecule has 2 rings (SSSR count). The molecule has 1 aliphatic rings. The minimum atomic E-state index is -0.0938. The highest BCUT2D eigenvalue weighted by atomic mass is 16.2. The number of nitrogens with one attached hydrogen (secondary N) is 1. The second-order valence-corrected chi connectivity index (χ2v) is 7.40. The summed E-state index contributed by atoms with van der Waals surface area (Å²) in [5, 5.41) is 2.95. The first kappa shape index (κ1) is 19.4. The molecule has 5 heteroatoms. The smallest absolute Gasteiger partial charge is 0.238 e. The van der Waals surface area contributed by atoms with Crippen LogP contribution in [0.5, 0.6) is 0 Å². The number of likely N-dealkylation sites (tertiary alicyclic amines) is 1. The van der Waals surface area contributed by atoms with Crippen LogP contribution in [0.4, 0.5) is 5.69 Å². The van der Waals surface area contributed by atoms with E-state index in [-0.39, 0.29) is 37.0 Å². The van der Waals surface area contributed by atoms with Crippen molar-refractivity contribution in [2.45, 2.75) is 59.0 Å². The van der Waals surface area contributed by atoms with Gasteiger partial charge in [-0.15, -0.1) is 0 Å². The molecule has 0 spiro atoms. The maximum absolute atomic E-state index is 12.6. The molecule has 1 aliphatic heterocycles. The van der Waals surface area contributed by atoms with E-state index in [1.54, 1.807) is 4.90 Å². The summed E-state index contributed by atoms with van der Waals surface area (Å²) < 4.78 is 0. The molecular formula is C20H31N3O2. The third kappa shape index (κ3) is 5.05. The Morgan fingerprint density at radius 3 is 2.44 bits per heavy atom. The lowest BCUT2D eigenvalue weighted by Gasteiger charge is -2.39. The Bertz CT molecular complexity index is 619. The van der Waals surface area contributed by atoms with Gasteiger partial charge < -0.3 is 10.2 Å². The van der Waals surface area contributed by atoms with Crippen molar-refractivity contribution < 1.29 is 9.59 Å². The average Bonchev–Trinajstić information content (AvgIpc) is 2.51. The minimum absolute atomic E-state index is 0.0938. The number of hydrogen-bond acceptors (Lipinski definition) is 3. The van der Waals surface area contributed by atoms with E-state index in [2.05, 4.69) is 19.2 Å². The van der Waals surface area contributed by atoms with Gasteiger partial charge in [-0.2, -0.15) is 0 Å². The van der Waals surface area contributed by atoms with Gasteiger partial charge in [0.1, 0.15) is 0 Å². The highest BCUT2D eigenvalue weighted by molar-refractivity contribution is 5.93. The summed E-state index contributed by atoms with van der Waals surface area (Å²) >= 11 is 0. The molecule has 1 aromatic rings. The van der Waals surface area contributed by atoms with Crippen molar-refractivity contribution in [3.8, 4) is 0 Å². The van der Waals surface area contributed by atoms with Crippen LogP contribution in [0.2, 0.25) is 0 Å². The molecule has 0 saturated carbocycles. The van der Waals surface area contributed by atoms with Gasteiger partial charge in [0.05, 0.1) is 13.1 Å². The molecule has 1 N–H and O–H groups in total. The normalized spacial score (nSPS) is 20.6. The lowest BCUT2D eigenvalue weighted by Crippen LogP contribution is -2.51. The topological polar surface area (TPSA) is 52.7 Å². The van der Waals surface area contributed by atoms with E-state index in [0.717, 1.165) is 29.7 Å². The molecule has 0 unspecified atom stereocenters. The number of piperidine rings is 1. The maximum Gasteiger partial charge on any atom is 0.238 e. The number of nitrogens with zero attached hydrogens (tertiary/aromatic N) is 2. The Labute approximate surface area is 151 Å². The number of likely N-dealkylation sites (N-methyl/N-ethyl adjacent to an activating group) is 1. The standard InChI is InChI=1S/C20H31N3O2/c1-14-8-6-11-18(17(14)4)21-19(24)12-22(5)13-20(25)23-15(2)9-7-10-16(23)3/h6,8,11,15-16H,7,9-10,12-13H2,1-5H3,(H,21,24)/t15-,16-/m0/s1. The third-order valence-corrected chi connectivity index (χ3v) is 5.18. The van der Waals surface area contributed by atoms with Crippen LogP contribution in [-0.2, 0) is 9.59 Å². The third-order valence-electron chi connectivity index (χ3n) is 5.18. The fraction of sp³-hybridized carbons (Fsp3) is 0.600. The Balaban J connectivity index is 1.88. The second kappa shape index (κ2) is 8.48. The highest BCUT2D eigenvalue weighted by Gasteiger charge is 2.29. The van der Waals surface area contributed by atoms with E-state index in [0.29, 0.717) is 0 Å². The van der Waals surface area contributed by atoms with E-state index in [9.17, 15) is 9.59 Å². The Morgan fingerprint density at radius 1 is 1.16 bits per heavy atom. The molecular weight excluding hydrogens is 314 g/mol. The molecule has 1 fully saturated rings. The molecule has 5 nitrogen and oxygen atoms in total. The zero-order valence-corrected chi connectivity index (χ0v) is 16.1. The van der Waals surface area contributed by atoms with Crippen molar-refractivity contribution in [1.29, 1.82) is 0 Å². The summed E-state index contributed by atoms with van der Waals surface area (Å²) in [6.45, 7) is 8.72. The van der Waals surface area contributed by atoms with Crippen LogP contribution in [0.3, 0.4) is 0 Å². The van der Waals surface area contributed by atoms with Crippen LogP contribution < -0.4 is 5.32 Å². The zero-order valence-electron chi connectivity index (χ0n) is 16.1. The summed E-state index contributed by atoms with van der Waals surface area (Å²) in [4.78, 5) is 28.7. The van der Waals surface area contributed by atoms with Gasteiger partial charge in [0, 0.05) is 17.8 Å². The number of amides is 2. The van der Waals surface area contributed by atoms with Gasteiger partial charge >= 0.3 is 0 Å².